The van der Waals surface area contributed by atoms with Crippen molar-refractivity contribution in [3.63, 3.8) is 0 Å². The van der Waals surface area contributed by atoms with E-state index in [9.17, 15) is 18.0 Å². The lowest BCUT2D eigenvalue weighted by Gasteiger charge is -2.12. The Bertz CT molecular complexity index is 1130. The van der Waals surface area contributed by atoms with Crippen LogP contribution < -0.4 is 20.5 Å². The van der Waals surface area contributed by atoms with E-state index < -0.39 is 6.36 Å². The lowest BCUT2D eigenvalue weighted by atomic mass is 10.1. The van der Waals surface area contributed by atoms with Crippen molar-refractivity contribution in [2.24, 2.45) is 5.73 Å². The highest BCUT2D eigenvalue weighted by atomic mass is 19.4. The van der Waals surface area contributed by atoms with Gasteiger partial charge in [0.2, 0.25) is 0 Å². The molecular formula is C27H31F3N2O4. The number of allylic oxidation sites excluding steroid dienone is 2. The Morgan fingerprint density at radius 3 is 2.28 bits per heavy atom. The van der Waals surface area contributed by atoms with Crippen LogP contribution in [0.25, 0.3) is 0 Å². The highest BCUT2D eigenvalue weighted by Gasteiger charge is 2.31. The lowest BCUT2D eigenvalue weighted by Crippen LogP contribution is -2.25. The van der Waals surface area contributed by atoms with Gasteiger partial charge in [0.1, 0.15) is 17.2 Å². The fourth-order valence-electron chi connectivity index (χ4n) is 3.13. The van der Waals surface area contributed by atoms with Gasteiger partial charge in [-0.15, -0.1) is 13.2 Å². The number of amides is 1. The van der Waals surface area contributed by atoms with Gasteiger partial charge in [-0.3, -0.25) is 4.79 Å². The number of hydrogen-bond acceptors (Lipinski definition) is 5. The first kappa shape index (κ1) is 28.5. The quantitative estimate of drug-likeness (QED) is 0.283. The van der Waals surface area contributed by atoms with Crippen LogP contribution in [0.15, 0.2) is 83.1 Å². The minimum Gasteiger partial charge on any atom is -0.457 e. The first-order valence-corrected chi connectivity index (χ1v) is 11.2. The molecule has 9 heteroatoms. The third kappa shape index (κ3) is 9.50. The van der Waals surface area contributed by atoms with Gasteiger partial charge in [0.25, 0.3) is 5.91 Å². The largest absolute Gasteiger partial charge is 0.573 e. The first-order chi connectivity index (χ1) is 17.0. The number of alkyl halides is 3. The Morgan fingerprint density at radius 1 is 1.03 bits per heavy atom. The fourth-order valence-corrected chi connectivity index (χ4v) is 3.13. The van der Waals surface area contributed by atoms with Crippen molar-refractivity contribution in [3.05, 3.63) is 88.7 Å². The van der Waals surface area contributed by atoms with Crippen LogP contribution in [0.5, 0.6) is 17.2 Å². The van der Waals surface area contributed by atoms with Crippen molar-refractivity contribution in [1.29, 1.82) is 0 Å². The summed E-state index contributed by atoms with van der Waals surface area (Å²) >= 11 is 0. The zero-order valence-corrected chi connectivity index (χ0v) is 20.7. The topological polar surface area (TPSA) is 82.8 Å². The van der Waals surface area contributed by atoms with Gasteiger partial charge in [-0.2, -0.15) is 0 Å². The van der Waals surface area contributed by atoms with Crippen molar-refractivity contribution in [3.8, 4) is 17.2 Å². The summed E-state index contributed by atoms with van der Waals surface area (Å²) in [7, 11) is 1.61. The van der Waals surface area contributed by atoms with Gasteiger partial charge in [0, 0.05) is 25.4 Å². The van der Waals surface area contributed by atoms with E-state index in [0.29, 0.717) is 23.6 Å². The maximum atomic E-state index is 12.8. The molecule has 0 spiro atoms. The molecule has 0 radical (unpaired) electrons. The van der Waals surface area contributed by atoms with Gasteiger partial charge < -0.3 is 25.3 Å². The monoisotopic (exact) mass is 504 g/mol. The molecule has 6 nitrogen and oxygen atoms in total. The van der Waals surface area contributed by atoms with E-state index in [2.05, 4.69) is 10.1 Å². The summed E-state index contributed by atoms with van der Waals surface area (Å²) in [6, 6.07) is 12.1. The number of rotatable bonds is 11. The molecule has 0 aliphatic heterocycles. The molecule has 0 aliphatic carbocycles. The second-order valence-corrected chi connectivity index (χ2v) is 7.98. The zero-order chi connectivity index (χ0) is 26.7. The highest BCUT2D eigenvalue weighted by Crippen LogP contribution is 2.29. The van der Waals surface area contributed by atoms with E-state index in [0.717, 1.165) is 29.2 Å². The van der Waals surface area contributed by atoms with Crippen LogP contribution in [-0.2, 0) is 16.1 Å². The summed E-state index contributed by atoms with van der Waals surface area (Å²) in [5.74, 6) is -0.165. The summed E-state index contributed by atoms with van der Waals surface area (Å²) in [5.41, 5.74) is 9.50. The van der Waals surface area contributed by atoms with E-state index >= 15 is 0 Å². The van der Waals surface area contributed by atoms with Gasteiger partial charge in [-0.1, -0.05) is 36.8 Å². The molecule has 1 amide bonds. The molecule has 36 heavy (non-hydrogen) atoms. The molecule has 2 rings (SSSR count). The molecule has 0 saturated heterocycles. The number of methoxy groups -OCH3 is 1. The molecule has 0 aliphatic rings. The van der Waals surface area contributed by atoms with Crippen molar-refractivity contribution in [1.82, 2.24) is 5.32 Å². The zero-order valence-electron chi connectivity index (χ0n) is 20.7. The molecule has 2 aromatic rings. The second kappa shape index (κ2) is 13.4. The average Bonchev–Trinajstić information content (AvgIpc) is 2.81. The molecule has 0 atom stereocenters. The molecule has 0 saturated carbocycles. The summed E-state index contributed by atoms with van der Waals surface area (Å²) in [4.78, 5) is 12.8. The predicted molar refractivity (Wildman–Crippen MR) is 132 cm³/mol. The predicted octanol–water partition coefficient (Wildman–Crippen LogP) is 6.16. The number of benzene rings is 2. The SMILES string of the molecule is CCC(C)=C(/C=C\C(C(=O)NCc1cccc(Oc2cccc(OC(F)(F)F)c2)c1)=C(/C)N)COC. The molecular weight excluding hydrogens is 473 g/mol. The van der Waals surface area contributed by atoms with Crippen LogP contribution in [0.4, 0.5) is 13.2 Å². The number of nitrogens with two attached hydrogens (primary N) is 1. The van der Waals surface area contributed by atoms with E-state index in [-0.39, 0.29) is 24.0 Å². The van der Waals surface area contributed by atoms with Gasteiger partial charge in [0.15, 0.2) is 0 Å². The molecule has 194 valence electrons. The Hall–Kier alpha value is -3.72. The smallest absolute Gasteiger partial charge is 0.457 e. The normalized spacial score (nSPS) is 13.2. The maximum Gasteiger partial charge on any atom is 0.573 e. The van der Waals surface area contributed by atoms with Crippen LogP contribution in [0.3, 0.4) is 0 Å². The minimum atomic E-state index is -4.79. The Labute approximate surface area is 209 Å². The third-order valence-corrected chi connectivity index (χ3v) is 5.13. The molecule has 2 aromatic carbocycles. The average molecular weight is 505 g/mol. The van der Waals surface area contributed by atoms with E-state index in [1.807, 2.05) is 19.9 Å². The highest BCUT2D eigenvalue weighted by molar-refractivity contribution is 5.96. The Morgan fingerprint density at radius 2 is 1.67 bits per heavy atom. The third-order valence-electron chi connectivity index (χ3n) is 5.13. The van der Waals surface area contributed by atoms with E-state index in [4.69, 9.17) is 15.2 Å². The van der Waals surface area contributed by atoms with Crippen LogP contribution in [0.1, 0.15) is 32.8 Å². The fraction of sp³-hybridized carbons (Fsp3) is 0.296. The molecule has 0 aromatic heterocycles. The van der Waals surface area contributed by atoms with Crippen molar-refractivity contribution < 1.29 is 32.2 Å². The van der Waals surface area contributed by atoms with Gasteiger partial charge in [0.05, 0.1) is 12.2 Å². The summed E-state index contributed by atoms with van der Waals surface area (Å²) in [5, 5.41) is 2.83. The van der Waals surface area contributed by atoms with Crippen LogP contribution in [0, 0.1) is 0 Å². The lowest BCUT2D eigenvalue weighted by molar-refractivity contribution is -0.274. The van der Waals surface area contributed by atoms with Crippen molar-refractivity contribution in [2.45, 2.75) is 40.1 Å². The van der Waals surface area contributed by atoms with E-state index in [1.54, 1.807) is 44.4 Å². The van der Waals surface area contributed by atoms with Crippen LogP contribution in [0.2, 0.25) is 0 Å². The Balaban J connectivity index is 2.08. The summed E-state index contributed by atoms with van der Waals surface area (Å²) in [6.45, 7) is 6.31. The first-order valence-electron chi connectivity index (χ1n) is 11.2. The van der Waals surface area contributed by atoms with Gasteiger partial charge >= 0.3 is 6.36 Å². The van der Waals surface area contributed by atoms with E-state index in [1.165, 1.54) is 18.2 Å². The number of carbonyl (C=O) groups is 1. The number of ether oxygens (including phenoxy) is 3. The Kier molecular flexibility index (Phi) is 10.6. The van der Waals surface area contributed by atoms with Crippen molar-refractivity contribution in [2.75, 3.05) is 13.7 Å². The second-order valence-electron chi connectivity index (χ2n) is 7.98. The molecule has 0 bridgehead atoms. The van der Waals surface area contributed by atoms with Gasteiger partial charge in [-0.05, 0) is 61.7 Å². The molecule has 0 fully saturated rings. The number of hydrogen-bond donors (Lipinski definition) is 2. The summed E-state index contributed by atoms with van der Waals surface area (Å²) < 4.78 is 52.2. The van der Waals surface area contributed by atoms with Crippen molar-refractivity contribution >= 4 is 5.91 Å². The maximum absolute atomic E-state index is 12.8. The number of nitrogens with one attached hydrogen (secondary N) is 1. The molecule has 3 N–H and O–H groups in total. The van der Waals surface area contributed by atoms with Crippen LogP contribution >= 0.6 is 0 Å². The van der Waals surface area contributed by atoms with Crippen LogP contribution in [-0.4, -0.2) is 26.0 Å². The number of halogens is 3. The molecule has 0 unspecified atom stereocenters. The molecule has 0 heterocycles. The number of carbonyl (C=O) groups excluding carboxylic acids is 1. The minimum absolute atomic E-state index is 0.175. The summed E-state index contributed by atoms with van der Waals surface area (Å²) in [6.07, 6.45) is -0.433. The van der Waals surface area contributed by atoms with Gasteiger partial charge in [-0.25, -0.2) is 0 Å². The standard InChI is InChI=1S/C27H31F3N2O4/c1-5-18(2)21(17-34-4)12-13-25(19(3)31)26(33)32-16-20-8-6-9-22(14-20)35-23-10-7-11-24(15-23)36-27(28,29)30/h6-15H,5,16-17,31H2,1-4H3,(H,32,33)/b13-12-,21-18?,25-19-.